The van der Waals surface area contributed by atoms with Gasteiger partial charge in [0, 0.05) is 74.1 Å². The number of rotatable bonds is 6. The van der Waals surface area contributed by atoms with Gasteiger partial charge < -0.3 is 9.47 Å². The van der Waals surface area contributed by atoms with Crippen molar-refractivity contribution in [3.8, 4) is 5.69 Å². The molecule has 0 spiro atoms. The van der Waals surface area contributed by atoms with Gasteiger partial charge in [0.15, 0.2) is 0 Å². The van der Waals surface area contributed by atoms with E-state index in [0.29, 0.717) is 0 Å². The lowest BCUT2D eigenvalue weighted by Crippen LogP contribution is -2.14. The Balaban J connectivity index is 1.30. The lowest BCUT2D eigenvalue weighted by atomic mass is 10.1. The van der Waals surface area contributed by atoms with Gasteiger partial charge in [-0.2, -0.15) is 0 Å². The number of nitrogens with zero attached hydrogens (tertiary/aromatic N) is 2. The molecule has 3 heterocycles. The number of para-hydroxylation sites is 2. The average molecular weight is 639 g/mol. The Bertz CT molecular complexity index is 2670. The zero-order valence-corrected chi connectivity index (χ0v) is 27.5. The molecule has 3 aromatic heterocycles. The van der Waals surface area contributed by atoms with E-state index in [0.717, 1.165) is 39.5 Å². The molecular weight excluding hydrogens is 609 g/mol. The van der Waals surface area contributed by atoms with Crippen LogP contribution < -0.4 is 4.90 Å². The maximum absolute atomic E-state index is 4.28. The summed E-state index contributed by atoms with van der Waals surface area (Å²) in [6.07, 6.45) is 4.33. The van der Waals surface area contributed by atoms with Gasteiger partial charge in [0.1, 0.15) is 0 Å². The smallest absolute Gasteiger partial charge is 0.0558 e. The maximum atomic E-state index is 4.28. The van der Waals surface area contributed by atoms with Crippen molar-refractivity contribution in [3.05, 3.63) is 163 Å². The Kier molecular flexibility index (Phi) is 6.60. The Morgan fingerprint density at radius 1 is 0.574 bits per heavy atom. The van der Waals surface area contributed by atoms with Crippen LogP contribution in [0.2, 0.25) is 0 Å². The van der Waals surface area contributed by atoms with Crippen molar-refractivity contribution in [1.82, 2.24) is 4.57 Å². The summed E-state index contributed by atoms with van der Waals surface area (Å²) in [5.41, 5.74) is 7.92. The highest BCUT2D eigenvalue weighted by Crippen LogP contribution is 2.42. The van der Waals surface area contributed by atoms with Gasteiger partial charge in [-0.05, 0) is 73.7 Å². The second-order valence-electron chi connectivity index (χ2n) is 11.9. The first-order chi connectivity index (χ1) is 23.2. The third-order valence-corrected chi connectivity index (χ3v) is 11.4. The molecule has 0 bridgehead atoms. The van der Waals surface area contributed by atoms with Gasteiger partial charge in [-0.25, -0.2) is 0 Å². The predicted molar refractivity (Wildman–Crippen MR) is 208 cm³/mol. The Morgan fingerprint density at radius 3 is 1.91 bits per heavy atom. The SMILES string of the molecule is C=Cc1c(/C=C(\C)N(c2ccc3c(c2)sc2ccccc23)c2ccc3sc4ccccc4c3c2)n(-c2ccccc2)c2ccccc12. The summed E-state index contributed by atoms with van der Waals surface area (Å²) in [6.45, 7) is 6.50. The molecule has 224 valence electrons. The number of aromatic nitrogens is 1. The van der Waals surface area contributed by atoms with E-state index in [4.69, 9.17) is 0 Å². The molecule has 0 unspecified atom stereocenters. The Morgan fingerprint density at radius 2 is 1.15 bits per heavy atom. The summed E-state index contributed by atoms with van der Waals surface area (Å²) in [4.78, 5) is 2.41. The monoisotopic (exact) mass is 638 g/mol. The van der Waals surface area contributed by atoms with Gasteiger partial charge in [-0.1, -0.05) is 91.5 Å². The fraction of sp³-hybridized carbons (Fsp3) is 0.0233. The van der Waals surface area contributed by atoms with E-state index in [2.05, 4.69) is 169 Å². The fourth-order valence-electron chi connectivity index (χ4n) is 7.02. The Hall–Kier alpha value is -5.42. The van der Waals surface area contributed by atoms with Crippen molar-refractivity contribution in [3.63, 3.8) is 0 Å². The molecule has 0 aliphatic carbocycles. The van der Waals surface area contributed by atoms with E-state index >= 15 is 0 Å². The van der Waals surface area contributed by atoms with E-state index in [1.807, 2.05) is 28.7 Å². The van der Waals surface area contributed by atoms with Crippen LogP contribution in [0.25, 0.3) is 69.1 Å². The molecule has 0 radical (unpaired) electrons. The zero-order chi connectivity index (χ0) is 31.5. The van der Waals surface area contributed by atoms with Crippen LogP contribution in [0.15, 0.2) is 152 Å². The topological polar surface area (TPSA) is 8.17 Å². The maximum Gasteiger partial charge on any atom is 0.0558 e. The second kappa shape index (κ2) is 11.1. The first-order valence-corrected chi connectivity index (χ1v) is 17.4. The number of thiophene rings is 2. The molecular formula is C43H30N2S2. The normalized spacial score (nSPS) is 12.1. The van der Waals surface area contributed by atoms with Crippen molar-refractivity contribution in [2.24, 2.45) is 0 Å². The van der Waals surface area contributed by atoms with Crippen molar-refractivity contribution in [2.75, 3.05) is 4.90 Å². The lowest BCUT2D eigenvalue weighted by molar-refractivity contribution is 1.09. The summed E-state index contributed by atoms with van der Waals surface area (Å²) in [7, 11) is 0. The quantitative estimate of drug-likeness (QED) is 0.176. The highest BCUT2D eigenvalue weighted by Gasteiger charge is 2.20. The van der Waals surface area contributed by atoms with Crippen LogP contribution >= 0.6 is 22.7 Å². The van der Waals surface area contributed by atoms with Crippen molar-refractivity contribution in [1.29, 1.82) is 0 Å². The summed E-state index contributed by atoms with van der Waals surface area (Å²) in [5.74, 6) is 0. The highest BCUT2D eigenvalue weighted by atomic mass is 32.1. The van der Waals surface area contributed by atoms with Crippen molar-refractivity contribution in [2.45, 2.75) is 6.92 Å². The van der Waals surface area contributed by atoms with Crippen LogP contribution in [0.5, 0.6) is 0 Å². The number of hydrogen-bond acceptors (Lipinski definition) is 3. The summed E-state index contributed by atoms with van der Waals surface area (Å²) < 4.78 is 7.57. The van der Waals surface area contributed by atoms with Gasteiger partial charge in [-0.15, -0.1) is 22.7 Å². The number of fused-ring (bicyclic) bond motifs is 7. The standard InChI is InChI=1S/C43H30N2S2/c1-3-32-33-15-7-10-18-38(33)45(29-13-5-4-6-14-29)39(32)25-28(2)44(30-22-24-42-37(26-30)35-17-9-12-20-41(35)46-42)31-21-23-36-34-16-8-11-19-40(34)47-43(36)27-31/h3-27H,1H2,2H3/b28-25+. The number of anilines is 2. The van der Waals surface area contributed by atoms with Crippen LogP contribution in [0.1, 0.15) is 18.2 Å². The highest BCUT2D eigenvalue weighted by molar-refractivity contribution is 7.26. The van der Waals surface area contributed by atoms with Crippen LogP contribution in [0.3, 0.4) is 0 Å². The van der Waals surface area contributed by atoms with E-state index in [-0.39, 0.29) is 0 Å². The van der Waals surface area contributed by atoms with Gasteiger partial charge in [-0.3, -0.25) is 0 Å². The number of hydrogen-bond donors (Lipinski definition) is 0. The Labute approximate surface area is 281 Å². The third kappa shape index (κ3) is 4.52. The summed E-state index contributed by atoms with van der Waals surface area (Å²) in [6, 6.07) is 50.5. The van der Waals surface area contributed by atoms with E-state index in [1.54, 1.807) is 0 Å². The minimum absolute atomic E-state index is 1.11. The molecule has 4 heteroatoms. The zero-order valence-electron chi connectivity index (χ0n) is 25.9. The largest absolute Gasteiger partial charge is 0.314 e. The molecule has 0 saturated carbocycles. The molecule has 0 amide bonds. The molecule has 0 saturated heterocycles. The first kappa shape index (κ1) is 27.9. The first-order valence-electron chi connectivity index (χ1n) is 15.8. The molecule has 9 aromatic rings. The van der Waals surface area contributed by atoms with E-state index in [1.165, 1.54) is 45.7 Å². The number of benzene rings is 6. The minimum Gasteiger partial charge on any atom is -0.314 e. The molecule has 6 aromatic carbocycles. The van der Waals surface area contributed by atoms with Crippen LogP contribution in [0.4, 0.5) is 11.4 Å². The van der Waals surface area contributed by atoms with Crippen LogP contribution in [-0.4, -0.2) is 4.57 Å². The molecule has 0 fully saturated rings. The molecule has 0 atom stereocenters. The van der Waals surface area contributed by atoms with Gasteiger partial charge >= 0.3 is 0 Å². The lowest BCUT2D eigenvalue weighted by Gasteiger charge is -2.27. The van der Waals surface area contributed by atoms with Crippen LogP contribution in [-0.2, 0) is 0 Å². The summed E-state index contributed by atoms with van der Waals surface area (Å²) >= 11 is 3.71. The van der Waals surface area contributed by atoms with E-state index < -0.39 is 0 Å². The predicted octanol–water partition coefficient (Wildman–Crippen LogP) is 13.2. The van der Waals surface area contributed by atoms with Gasteiger partial charge in [0.25, 0.3) is 0 Å². The van der Waals surface area contributed by atoms with Crippen LogP contribution in [0, 0.1) is 0 Å². The second-order valence-corrected chi connectivity index (χ2v) is 14.0. The molecule has 9 rings (SSSR count). The molecule has 2 nitrogen and oxygen atoms in total. The molecule has 0 aliphatic rings. The number of allylic oxidation sites excluding steroid dienone is 1. The van der Waals surface area contributed by atoms with E-state index in [9.17, 15) is 0 Å². The molecule has 47 heavy (non-hydrogen) atoms. The van der Waals surface area contributed by atoms with Crippen molar-refractivity contribution < 1.29 is 0 Å². The third-order valence-electron chi connectivity index (χ3n) is 9.11. The minimum atomic E-state index is 1.11. The van der Waals surface area contributed by atoms with Gasteiger partial charge in [0.05, 0.1) is 11.2 Å². The molecule has 0 N–H and O–H groups in total. The fourth-order valence-corrected chi connectivity index (χ4v) is 9.25. The average Bonchev–Trinajstić information content (AvgIpc) is 3.77. The van der Waals surface area contributed by atoms with Gasteiger partial charge in [0.2, 0.25) is 0 Å². The summed E-state index contributed by atoms with van der Waals surface area (Å²) in [5, 5.41) is 6.39. The molecule has 0 aliphatic heterocycles. The van der Waals surface area contributed by atoms with Crippen molar-refractivity contribution >= 4 is 97.4 Å².